The van der Waals surface area contributed by atoms with Gasteiger partial charge in [0.1, 0.15) is 0 Å². The molecule has 2 heterocycles. The Bertz CT molecular complexity index is 1020. The van der Waals surface area contributed by atoms with E-state index in [1.54, 1.807) is 24.5 Å². The number of Topliss-reactive ketones (excluding diaryl/α,β-unsaturated/α-hetero) is 1. The number of aromatic nitrogens is 2. The molecule has 0 bridgehead atoms. The summed E-state index contributed by atoms with van der Waals surface area (Å²) in [5.41, 5.74) is 2.44. The van der Waals surface area contributed by atoms with Crippen molar-refractivity contribution in [3.63, 3.8) is 0 Å². The molecule has 0 spiro atoms. The van der Waals surface area contributed by atoms with Crippen molar-refractivity contribution in [3.05, 3.63) is 85.0 Å². The van der Waals surface area contributed by atoms with E-state index >= 15 is 0 Å². The van der Waals surface area contributed by atoms with Gasteiger partial charge in [-0.05, 0) is 30.7 Å². The van der Waals surface area contributed by atoms with Gasteiger partial charge >= 0.3 is 0 Å². The molecule has 5 heteroatoms. The van der Waals surface area contributed by atoms with Gasteiger partial charge in [-0.15, -0.1) is 11.3 Å². The molecule has 1 aromatic carbocycles. The lowest BCUT2D eigenvalue weighted by molar-refractivity contribution is 0.106. The van der Waals surface area contributed by atoms with Crippen LogP contribution in [0.3, 0.4) is 0 Å². The second-order valence-corrected chi connectivity index (χ2v) is 6.17. The van der Waals surface area contributed by atoms with Crippen LogP contribution in [0.25, 0.3) is 12.2 Å². The van der Waals surface area contributed by atoms with Crippen molar-refractivity contribution in [1.29, 1.82) is 0 Å². The minimum atomic E-state index is -0.190. The summed E-state index contributed by atoms with van der Waals surface area (Å²) in [7, 11) is 0. The molecule has 1 N–H and O–H groups in total. The molecule has 0 amide bonds. The number of ketones is 1. The lowest BCUT2D eigenvalue weighted by Gasteiger charge is -1.93. The van der Waals surface area contributed by atoms with Crippen molar-refractivity contribution in [2.45, 2.75) is 6.92 Å². The topological polar surface area (TPSA) is 62.8 Å². The SMILES string of the molecule is Cc1cccc(/C=c2\s/c(=C\C(=O)c3ccncc3)[nH]c2=O)c1. The Morgan fingerprint density at radius 2 is 2.00 bits per heavy atom. The average molecular weight is 322 g/mol. The maximum absolute atomic E-state index is 12.1. The van der Waals surface area contributed by atoms with E-state index in [2.05, 4.69) is 9.97 Å². The summed E-state index contributed by atoms with van der Waals surface area (Å²) < 4.78 is 1.11. The zero-order chi connectivity index (χ0) is 16.2. The molecule has 0 radical (unpaired) electrons. The fraction of sp³-hybridized carbons (Fsp3) is 0.0556. The van der Waals surface area contributed by atoms with E-state index in [1.165, 1.54) is 17.4 Å². The fourth-order valence-electron chi connectivity index (χ4n) is 2.15. The van der Waals surface area contributed by atoms with Gasteiger partial charge in [-0.1, -0.05) is 29.8 Å². The van der Waals surface area contributed by atoms with E-state index in [-0.39, 0.29) is 11.3 Å². The third kappa shape index (κ3) is 3.70. The van der Waals surface area contributed by atoms with E-state index in [0.29, 0.717) is 14.8 Å². The Morgan fingerprint density at radius 1 is 1.22 bits per heavy atom. The molecule has 4 nitrogen and oxygen atoms in total. The van der Waals surface area contributed by atoms with Crippen molar-refractivity contribution in [3.8, 4) is 0 Å². The minimum Gasteiger partial charge on any atom is -0.313 e. The summed E-state index contributed by atoms with van der Waals surface area (Å²) >= 11 is 1.27. The first-order chi connectivity index (χ1) is 11.1. The Kier molecular flexibility index (Phi) is 4.30. The van der Waals surface area contributed by atoms with Gasteiger partial charge in [0, 0.05) is 24.0 Å². The summed E-state index contributed by atoms with van der Waals surface area (Å²) in [6, 6.07) is 11.2. The highest BCUT2D eigenvalue weighted by atomic mass is 32.1. The summed E-state index contributed by atoms with van der Waals surface area (Å²) in [6.07, 6.45) is 6.39. The van der Waals surface area contributed by atoms with Crippen LogP contribution in [0.1, 0.15) is 21.5 Å². The highest BCUT2D eigenvalue weighted by molar-refractivity contribution is 7.07. The number of hydrogen-bond donors (Lipinski definition) is 1. The van der Waals surface area contributed by atoms with Gasteiger partial charge in [0.25, 0.3) is 5.56 Å². The maximum atomic E-state index is 12.1. The van der Waals surface area contributed by atoms with E-state index < -0.39 is 0 Å². The average Bonchev–Trinajstić information content (AvgIpc) is 2.87. The van der Waals surface area contributed by atoms with Gasteiger partial charge in [0.05, 0.1) is 9.20 Å². The predicted octanol–water partition coefficient (Wildman–Crippen LogP) is 1.63. The van der Waals surface area contributed by atoms with Crippen molar-refractivity contribution < 1.29 is 4.79 Å². The van der Waals surface area contributed by atoms with Gasteiger partial charge in [-0.25, -0.2) is 0 Å². The van der Waals surface area contributed by atoms with E-state index in [0.717, 1.165) is 11.1 Å². The Hall–Kier alpha value is -2.79. The molecule has 3 rings (SSSR count). The van der Waals surface area contributed by atoms with Crippen molar-refractivity contribution >= 4 is 29.3 Å². The highest BCUT2D eigenvalue weighted by Gasteiger charge is 2.02. The molecule has 2 aromatic heterocycles. The number of carbonyl (C=O) groups excluding carboxylic acids is 1. The van der Waals surface area contributed by atoms with Crippen LogP contribution in [0.15, 0.2) is 53.6 Å². The molecule has 0 unspecified atom stereocenters. The number of carbonyl (C=O) groups is 1. The molecular formula is C18H14N2O2S. The van der Waals surface area contributed by atoms with Crippen LogP contribution in [-0.2, 0) is 0 Å². The zero-order valence-electron chi connectivity index (χ0n) is 12.4. The van der Waals surface area contributed by atoms with Crippen LogP contribution in [0.2, 0.25) is 0 Å². The molecule has 0 aliphatic heterocycles. The minimum absolute atomic E-state index is 0.160. The first-order valence-corrected chi connectivity index (χ1v) is 7.87. The van der Waals surface area contributed by atoms with Crippen LogP contribution < -0.4 is 14.8 Å². The number of H-pyrrole nitrogens is 1. The molecule has 0 aliphatic carbocycles. The van der Waals surface area contributed by atoms with Gasteiger partial charge in [-0.2, -0.15) is 0 Å². The Labute approximate surface area is 136 Å². The standard InChI is InChI=1S/C18H14N2O2S/c1-12-3-2-4-13(9-12)10-16-18(22)20-17(23-16)11-15(21)14-5-7-19-8-6-14/h2-11H,1H3,(H,20,22)/b16-10-,17-11-. The first kappa shape index (κ1) is 15.1. The molecule has 23 heavy (non-hydrogen) atoms. The highest BCUT2D eigenvalue weighted by Crippen LogP contribution is 2.04. The fourth-order valence-corrected chi connectivity index (χ4v) is 3.04. The lowest BCUT2D eigenvalue weighted by atomic mass is 10.1. The number of benzene rings is 1. The molecular weight excluding hydrogens is 308 g/mol. The Morgan fingerprint density at radius 3 is 2.74 bits per heavy atom. The van der Waals surface area contributed by atoms with Crippen LogP contribution >= 0.6 is 11.3 Å². The van der Waals surface area contributed by atoms with Crippen molar-refractivity contribution in [2.75, 3.05) is 0 Å². The first-order valence-electron chi connectivity index (χ1n) is 7.05. The largest absolute Gasteiger partial charge is 0.313 e. The molecule has 0 aliphatic rings. The summed E-state index contributed by atoms with van der Waals surface area (Å²) in [6.45, 7) is 2.00. The summed E-state index contributed by atoms with van der Waals surface area (Å²) in [4.78, 5) is 30.8. The molecule has 0 fully saturated rings. The van der Waals surface area contributed by atoms with Gasteiger partial charge in [0.15, 0.2) is 5.78 Å². The second kappa shape index (κ2) is 6.54. The molecule has 114 valence electrons. The monoisotopic (exact) mass is 322 g/mol. The quantitative estimate of drug-likeness (QED) is 0.746. The van der Waals surface area contributed by atoms with Crippen LogP contribution in [0.5, 0.6) is 0 Å². The number of aryl methyl sites for hydroxylation is 1. The van der Waals surface area contributed by atoms with Crippen LogP contribution in [0.4, 0.5) is 0 Å². The third-order valence-corrected chi connectivity index (χ3v) is 4.21. The number of pyridine rings is 1. The lowest BCUT2D eigenvalue weighted by Crippen LogP contribution is -2.20. The van der Waals surface area contributed by atoms with Crippen molar-refractivity contribution in [2.24, 2.45) is 0 Å². The smallest absolute Gasteiger partial charge is 0.266 e. The zero-order valence-corrected chi connectivity index (χ0v) is 13.3. The number of thiazole rings is 1. The second-order valence-electron chi connectivity index (χ2n) is 5.09. The third-order valence-electron chi connectivity index (χ3n) is 3.25. The van der Waals surface area contributed by atoms with E-state index in [4.69, 9.17) is 0 Å². The number of rotatable bonds is 3. The number of nitrogens with one attached hydrogen (secondary N) is 1. The number of aromatic amines is 1. The van der Waals surface area contributed by atoms with Gasteiger partial charge in [0.2, 0.25) is 0 Å². The molecule has 0 atom stereocenters. The van der Waals surface area contributed by atoms with Gasteiger partial charge in [-0.3, -0.25) is 14.6 Å². The molecule has 0 saturated heterocycles. The molecule has 3 aromatic rings. The van der Waals surface area contributed by atoms with Crippen LogP contribution in [0, 0.1) is 6.92 Å². The van der Waals surface area contributed by atoms with E-state index in [9.17, 15) is 9.59 Å². The number of nitrogens with zero attached hydrogens (tertiary/aromatic N) is 1. The Balaban J connectivity index is 2.00. The summed E-state index contributed by atoms with van der Waals surface area (Å²) in [5, 5.41) is 0. The molecule has 0 saturated carbocycles. The van der Waals surface area contributed by atoms with Gasteiger partial charge < -0.3 is 4.98 Å². The van der Waals surface area contributed by atoms with E-state index in [1.807, 2.05) is 37.3 Å². The summed E-state index contributed by atoms with van der Waals surface area (Å²) in [5.74, 6) is -0.160. The number of hydrogen-bond acceptors (Lipinski definition) is 4. The maximum Gasteiger partial charge on any atom is 0.266 e. The van der Waals surface area contributed by atoms with Crippen molar-refractivity contribution in [1.82, 2.24) is 9.97 Å². The normalized spacial score (nSPS) is 12.6. The predicted molar refractivity (Wildman–Crippen MR) is 92.0 cm³/mol. The van der Waals surface area contributed by atoms with Crippen LogP contribution in [-0.4, -0.2) is 15.8 Å².